The highest BCUT2D eigenvalue weighted by molar-refractivity contribution is 7.08. The maximum Gasteiger partial charge on any atom is 0.254 e. The number of aromatic nitrogens is 1. The molecule has 1 spiro atoms. The molecular formula is C24H23N3O3S. The Kier molecular flexibility index (Phi) is 5.29. The first kappa shape index (κ1) is 19.9. The summed E-state index contributed by atoms with van der Waals surface area (Å²) >= 11 is 1.53. The molecule has 3 aromatic rings. The van der Waals surface area contributed by atoms with Crippen LogP contribution in [0.25, 0.3) is 0 Å². The Morgan fingerprint density at radius 3 is 2.74 bits per heavy atom. The quantitative estimate of drug-likeness (QED) is 0.682. The number of thiophene rings is 1. The van der Waals surface area contributed by atoms with Crippen LogP contribution in [0.1, 0.15) is 46.0 Å². The number of pyridine rings is 1. The third kappa shape index (κ3) is 3.75. The molecule has 4 heterocycles. The number of fused-ring (bicyclic) bond motifs is 2. The predicted octanol–water partition coefficient (Wildman–Crippen LogP) is 3.66. The van der Waals surface area contributed by atoms with Crippen molar-refractivity contribution in [1.29, 1.82) is 0 Å². The Labute approximate surface area is 184 Å². The van der Waals surface area contributed by atoms with E-state index in [0.29, 0.717) is 32.5 Å². The molecule has 0 saturated carbocycles. The number of ether oxygens (including phenoxy) is 1. The van der Waals surface area contributed by atoms with E-state index in [0.717, 1.165) is 22.3 Å². The summed E-state index contributed by atoms with van der Waals surface area (Å²) in [5, 5.41) is 6.79. The van der Waals surface area contributed by atoms with Gasteiger partial charge >= 0.3 is 0 Å². The van der Waals surface area contributed by atoms with E-state index < -0.39 is 11.7 Å². The Bertz CT molecular complexity index is 1080. The molecule has 2 aliphatic rings. The molecule has 2 aliphatic heterocycles. The first-order valence-electron chi connectivity index (χ1n) is 10.4. The van der Waals surface area contributed by atoms with Gasteiger partial charge in [0.2, 0.25) is 0 Å². The van der Waals surface area contributed by atoms with Gasteiger partial charge in [-0.25, -0.2) is 0 Å². The molecule has 1 N–H and O–H groups in total. The number of nitrogens with zero attached hydrogens (tertiary/aromatic N) is 2. The molecule has 0 bridgehead atoms. The zero-order valence-electron chi connectivity index (χ0n) is 17.0. The van der Waals surface area contributed by atoms with Gasteiger partial charge in [-0.1, -0.05) is 30.3 Å². The SMILES string of the molecule is O=C(NCc1cccnc1)[C@@H]1OC2(CCN(C(=O)c3ccsc3)CC2)c2ccccc21. The summed E-state index contributed by atoms with van der Waals surface area (Å²) in [6.45, 7) is 1.62. The van der Waals surface area contributed by atoms with E-state index in [1.807, 2.05) is 52.1 Å². The predicted molar refractivity (Wildman–Crippen MR) is 117 cm³/mol. The highest BCUT2D eigenvalue weighted by Crippen LogP contribution is 2.49. The van der Waals surface area contributed by atoms with Gasteiger partial charge in [-0.2, -0.15) is 11.3 Å². The highest BCUT2D eigenvalue weighted by Gasteiger charge is 2.49. The number of carbonyl (C=O) groups is 2. The van der Waals surface area contributed by atoms with Crippen molar-refractivity contribution in [2.45, 2.75) is 31.1 Å². The lowest BCUT2D eigenvalue weighted by atomic mass is 9.83. The number of hydrogen-bond acceptors (Lipinski definition) is 5. The fraction of sp³-hybridized carbons (Fsp3) is 0.292. The number of piperidine rings is 1. The lowest BCUT2D eigenvalue weighted by molar-refractivity contribution is -0.150. The molecule has 0 aliphatic carbocycles. The number of carbonyl (C=O) groups excluding carboxylic acids is 2. The van der Waals surface area contributed by atoms with Crippen molar-refractivity contribution in [3.63, 3.8) is 0 Å². The molecule has 1 saturated heterocycles. The van der Waals surface area contributed by atoms with Crippen LogP contribution in [0.5, 0.6) is 0 Å². The van der Waals surface area contributed by atoms with Gasteiger partial charge in [0.05, 0.1) is 11.2 Å². The standard InChI is InChI=1S/C24H23N3O3S/c28-22(26-15-17-4-3-10-25-14-17)21-19-5-1-2-6-20(19)24(30-21)8-11-27(12-9-24)23(29)18-7-13-31-16-18/h1-7,10,13-14,16,21H,8-9,11-12,15H2,(H,26,28)/t21-/m1/s1. The third-order valence-electron chi connectivity index (χ3n) is 6.13. The van der Waals surface area contributed by atoms with Gasteiger partial charge in [0.25, 0.3) is 11.8 Å². The zero-order valence-corrected chi connectivity index (χ0v) is 17.8. The van der Waals surface area contributed by atoms with Crippen molar-refractivity contribution in [2.24, 2.45) is 0 Å². The minimum absolute atomic E-state index is 0.0631. The van der Waals surface area contributed by atoms with Crippen molar-refractivity contribution in [1.82, 2.24) is 15.2 Å². The molecule has 5 rings (SSSR count). The normalized spacial score (nSPS) is 19.2. The largest absolute Gasteiger partial charge is 0.352 e. The summed E-state index contributed by atoms with van der Waals surface area (Å²) < 4.78 is 6.47. The monoisotopic (exact) mass is 433 g/mol. The van der Waals surface area contributed by atoms with Gasteiger partial charge in [0.1, 0.15) is 0 Å². The number of likely N-dealkylation sites (tertiary alicyclic amines) is 1. The van der Waals surface area contributed by atoms with Gasteiger partial charge in [-0.05, 0) is 47.0 Å². The number of hydrogen-bond donors (Lipinski definition) is 1. The number of amides is 2. The molecule has 2 aromatic heterocycles. The van der Waals surface area contributed by atoms with Crippen LogP contribution >= 0.6 is 11.3 Å². The molecule has 31 heavy (non-hydrogen) atoms. The van der Waals surface area contributed by atoms with Crippen molar-refractivity contribution in [2.75, 3.05) is 13.1 Å². The van der Waals surface area contributed by atoms with E-state index in [9.17, 15) is 9.59 Å². The molecule has 158 valence electrons. The fourth-order valence-electron chi connectivity index (χ4n) is 4.50. The third-order valence-corrected chi connectivity index (χ3v) is 6.81. The number of rotatable bonds is 4. The summed E-state index contributed by atoms with van der Waals surface area (Å²) in [5.41, 5.74) is 3.14. The maximum absolute atomic E-state index is 13.0. The molecule has 6 nitrogen and oxygen atoms in total. The average Bonchev–Trinajstić information content (AvgIpc) is 3.46. The average molecular weight is 434 g/mol. The van der Waals surface area contributed by atoms with Crippen LogP contribution in [0, 0.1) is 0 Å². The molecular weight excluding hydrogens is 410 g/mol. The Morgan fingerprint density at radius 1 is 1.16 bits per heavy atom. The zero-order chi connectivity index (χ0) is 21.3. The second kappa shape index (κ2) is 8.24. The van der Waals surface area contributed by atoms with E-state index >= 15 is 0 Å². The molecule has 0 radical (unpaired) electrons. The van der Waals surface area contributed by atoms with Crippen LogP contribution < -0.4 is 5.32 Å². The van der Waals surface area contributed by atoms with Crippen LogP contribution in [0.4, 0.5) is 0 Å². The molecule has 0 unspecified atom stereocenters. The van der Waals surface area contributed by atoms with Gasteiger partial charge < -0.3 is 15.0 Å². The molecule has 2 amide bonds. The van der Waals surface area contributed by atoms with Crippen molar-refractivity contribution in [3.8, 4) is 0 Å². The van der Waals surface area contributed by atoms with Crippen molar-refractivity contribution >= 4 is 23.2 Å². The van der Waals surface area contributed by atoms with Crippen LogP contribution in [-0.4, -0.2) is 34.8 Å². The lowest BCUT2D eigenvalue weighted by Crippen LogP contribution is -2.45. The van der Waals surface area contributed by atoms with Crippen LogP contribution in [0.3, 0.4) is 0 Å². The van der Waals surface area contributed by atoms with E-state index in [-0.39, 0.29) is 11.8 Å². The van der Waals surface area contributed by atoms with E-state index in [2.05, 4.69) is 16.4 Å². The summed E-state index contributed by atoms with van der Waals surface area (Å²) in [6, 6.07) is 13.6. The summed E-state index contributed by atoms with van der Waals surface area (Å²) in [4.78, 5) is 31.7. The van der Waals surface area contributed by atoms with Crippen molar-refractivity contribution in [3.05, 3.63) is 87.9 Å². The van der Waals surface area contributed by atoms with E-state index in [4.69, 9.17) is 4.74 Å². The maximum atomic E-state index is 13.0. The van der Waals surface area contributed by atoms with Gasteiger partial charge in [0.15, 0.2) is 6.10 Å². The van der Waals surface area contributed by atoms with Crippen LogP contribution in [0.2, 0.25) is 0 Å². The molecule has 1 atom stereocenters. The summed E-state index contributed by atoms with van der Waals surface area (Å²) in [6.07, 6.45) is 4.15. The van der Waals surface area contributed by atoms with E-state index in [1.54, 1.807) is 12.4 Å². The van der Waals surface area contributed by atoms with Gasteiger partial charge in [-0.15, -0.1) is 0 Å². The minimum Gasteiger partial charge on any atom is -0.352 e. The van der Waals surface area contributed by atoms with Crippen LogP contribution in [-0.2, 0) is 21.7 Å². The summed E-state index contributed by atoms with van der Waals surface area (Å²) in [7, 11) is 0. The second-order valence-corrected chi connectivity index (χ2v) is 8.74. The molecule has 1 fully saturated rings. The van der Waals surface area contributed by atoms with Crippen molar-refractivity contribution < 1.29 is 14.3 Å². The first-order chi connectivity index (χ1) is 15.2. The summed E-state index contributed by atoms with van der Waals surface area (Å²) in [5.74, 6) is -0.0851. The van der Waals surface area contributed by atoms with E-state index in [1.165, 1.54) is 11.3 Å². The lowest BCUT2D eigenvalue weighted by Gasteiger charge is -2.39. The number of benzene rings is 1. The second-order valence-electron chi connectivity index (χ2n) is 7.96. The first-order valence-corrected chi connectivity index (χ1v) is 11.4. The Morgan fingerprint density at radius 2 is 2.00 bits per heavy atom. The number of nitrogens with one attached hydrogen (secondary N) is 1. The molecule has 7 heteroatoms. The smallest absolute Gasteiger partial charge is 0.254 e. The van der Waals surface area contributed by atoms with Gasteiger partial charge in [-0.3, -0.25) is 14.6 Å². The fourth-order valence-corrected chi connectivity index (χ4v) is 5.13. The van der Waals surface area contributed by atoms with Gasteiger partial charge in [0, 0.05) is 37.4 Å². The Hall–Kier alpha value is -3.03. The van der Waals surface area contributed by atoms with Crippen LogP contribution in [0.15, 0.2) is 65.6 Å². The topological polar surface area (TPSA) is 71.5 Å². The Balaban J connectivity index is 1.31. The highest BCUT2D eigenvalue weighted by atomic mass is 32.1. The minimum atomic E-state index is -0.646. The molecule has 1 aromatic carbocycles.